The molecule has 1 aliphatic heterocycles. The number of carbonyl (C=O) groups excluding carboxylic acids is 2. The van der Waals surface area contributed by atoms with E-state index in [0.717, 1.165) is 24.1 Å². The van der Waals surface area contributed by atoms with Crippen LogP contribution in [-0.2, 0) is 24.1 Å². The molecule has 2 aliphatic rings. The van der Waals surface area contributed by atoms with Gasteiger partial charge in [0.1, 0.15) is 0 Å². The van der Waals surface area contributed by atoms with Gasteiger partial charge in [0.25, 0.3) is 5.91 Å². The van der Waals surface area contributed by atoms with E-state index in [0.29, 0.717) is 32.6 Å². The molecule has 0 atom stereocenters. The minimum absolute atomic E-state index is 0.0890. The van der Waals surface area contributed by atoms with E-state index in [1.165, 1.54) is 17.5 Å². The summed E-state index contributed by atoms with van der Waals surface area (Å²) in [5.41, 5.74) is 4.43. The van der Waals surface area contributed by atoms with Gasteiger partial charge in [-0.05, 0) is 54.7 Å². The number of nitrogens with zero attached hydrogens (tertiary/aromatic N) is 2. The van der Waals surface area contributed by atoms with Crippen molar-refractivity contribution in [3.05, 3.63) is 58.9 Å². The Hall–Kier alpha value is -2.56. The van der Waals surface area contributed by atoms with E-state index in [2.05, 4.69) is 17.1 Å². The Morgan fingerprint density at radius 2 is 1.72 bits per heavy atom. The van der Waals surface area contributed by atoms with Gasteiger partial charge in [0.15, 0.2) is 0 Å². The van der Waals surface area contributed by atoms with Gasteiger partial charge < -0.3 is 14.8 Å². The van der Waals surface area contributed by atoms with Crippen molar-refractivity contribution in [2.75, 3.05) is 26.2 Å². The molecule has 1 aromatic carbocycles. The fourth-order valence-electron chi connectivity index (χ4n) is 3.80. The molecule has 2 aromatic rings. The Morgan fingerprint density at radius 1 is 0.960 bits per heavy atom. The van der Waals surface area contributed by atoms with Crippen molar-refractivity contribution >= 4 is 11.8 Å². The topological polar surface area (TPSA) is 56.4 Å². The summed E-state index contributed by atoms with van der Waals surface area (Å²) in [5, 5.41) is 0. The van der Waals surface area contributed by atoms with Crippen LogP contribution in [0.15, 0.2) is 36.5 Å². The van der Waals surface area contributed by atoms with Crippen LogP contribution in [0.4, 0.5) is 0 Å². The number of H-pyrrole nitrogens is 1. The van der Waals surface area contributed by atoms with Gasteiger partial charge in [-0.3, -0.25) is 9.59 Å². The summed E-state index contributed by atoms with van der Waals surface area (Å²) < 4.78 is 0. The first-order valence-electron chi connectivity index (χ1n) is 9.02. The lowest BCUT2D eigenvalue weighted by Gasteiger charge is -2.35. The van der Waals surface area contributed by atoms with Crippen LogP contribution in [0.5, 0.6) is 0 Å². The number of aryl methyl sites for hydroxylation is 2. The van der Waals surface area contributed by atoms with Gasteiger partial charge in [0.05, 0.1) is 6.42 Å². The molecule has 1 N–H and O–H groups in total. The summed E-state index contributed by atoms with van der Waals surface area (Å²) in [6, 6.07) is 9.94. The number of rotatable bonds is 3. The van der Waals surface area contributed by atoms with Crippen LogP contribution in [-0.4, -0.2) is 52.8 Å². The minimum atomic E-state index is 0.0890. The Bertz CT molecular complexity index is 774. The molecule has 1 aliphatic carbocycles. The van der Waals surface area contributed by atoms with Crippen LogP contribution in [0, 0.1) is 0 Å². The van der Waals surface area contributed by atoms with Gasteiger partial charge in [-0.2, -0.15) is 0 Å². The summed E-state index contributed by atoms with van der Waals surface area (Å²) in [6.45, 7) is 2.42. The number of hydrogen-bond donors (Lipinski definition) is 1. The predicted octanol–water partition coefficient (Wildman–Crippen LogP) is 2.03. The zero-order valence-corrected chi connectivity index (χ0v) is 14.3. The van der Waals surface area contributed by atoms with E-state index in [-0.39, 0.29) is 11.8 Å². The van der Waals surface area contributed by atoms with Gasteiger partial charge in [0.2, 0.25) is 5.91 Å². The van der Waals surface area contributed by atoms with E-state index in [1.807, 2.05) is 34.2 Å². The van der Waals surface area contributed by atoms with E-state index < -0.39 is 0 Å². The van der Waals surface area contributed by atoms with Crippen LogP contribution < -0.4 is 0 Å². The second-order valence-electron chi connectivity index (χ2n) is 6.88. The molecule has 0 spiro atoms. The maximum Gasteiger partial charge on any atom is 0.253 e. The molecule has 1 fully saturated rings. The first kappa shape index (κ1) is 15.9. The minimum Gasteiger partial charge on any atom is -0.365 e. The van der Waals surface area contributed by atoms with Crippen molar-refractivity contribution in [2.45, 2.75) is 25.7 Å². The number of hydrogen-bond acceptors (Lipinski definition) is 2. The molecule has 5 heteroatoms. The van der Waals surface area contributed by atoms with Crippen LogP contribution in [0.1, 0.15) is 33.6 Å². The molecule has 2 heterocycles. The molecular weight excluding hydrogens is 314 g/mol. The SMILES string of the molecule is O=C(Cc1ccc[nH]1)N1CCN(C(=O)c2ccc3c(c2)CCC3)CC1. The quantitative estimate of drug-likeness (QED) is 0.932. The van der Waals surface area contributed by atoms with Gasteiger partial charge in [-0.15, -0.1) is 0 Å². The van der Waals surface area contributed by atoms with Crippen molar-refractivity contribution in [1.29, 1.82) is 0 Å². The zero-order chi connectivity index (χ0) is 17.2. The number of amides is 2. The van der Waals surface area contributed by atoms with Crippen molar-refractivity contribution in [2.24, 2.45) is 0 Å². The summed E-state index contributed by atoms with van der Waals surface area (Å²) >= 11 is 0. The molecule has 1 saturated heterocycles. The highest BCUT2D eigenvalue weighted by atomic mass is 16.2. The first-order chi connectivity index (χ1) is 12.2. The molecule has 5 nitrogen and oxygen atoms in total. The van der Waals surface area contributed by atoms with Crippen LogP contribution in [0.2, 0.25) is 0 Å². The summed E-state index contributed by atoms with van der Waals surface area (Å²) in [4.78, 5) is 31.9. The highest BCUT2D eigenvalue weighted by Crippen LogP contribution is 2.23. The number of carbonyl (C=O) groups is 2. The molecule has 2 amide bonds. The lowest BCUT2D eigenvalue weighted by Crippen LogP contribution is -2.51. The third-order valence-electron chi connectivity index (χ3n) is 5.27. The number of fused-ring (bicyclic) bond motifs is 1. The molecule has 0 saturated carbocycles. The highest BCUT2D eigenvalue weighted by molar-refractivity contribution is 5.94. The fraction of sp³-hybridized carbons (Fsp3) is 0.400. The number of aromatic nitrogens is 1. The van der Waals surface area contributed by atoms with Gasteiger partial charge in [-0.1, -0.05) is 6.07 Å². The molecule has 0 unspecified atom stereocenters. The highest BCUT2D eigenvalue weighted by Gasteiger charge is 2.25. The summed E-state index contributed by atoms with van der Waals surface area (Å²) in [5.74, 6) is 0.207. The lowest BCUT2D eigenvalue weighted by molar-refractivity contribution is -0.132. The fourth-order valence-corrected chi connectivity index (χ4v) is 3.80. The number of piperazine rings is 1. The van der Waals surface area contributed by atoms with E-state index in [4.69, 9.17) is 0 Å². The largest absolute Gasteiger partial charge is 0.365 e. The van der Waals surface area contributed by atoms with E-state index >= 15 is 0 Å². The van der Waals surface area contributed by atoms with Gasteiger partial charge in [0, 0.05) is 43.6 Å². The van der Waals surface area contributed by atoms with Crippen LogP contribution in [0.25, 0.3) is 0 Å². The summed E-state index contributed by atoms with van der Waals surface area (Å²) in [7, 11) is 0. The Balaban J connectivity index is 1.35. The molecule has 130 valence electrons. The zero-order valence-electron chi connectivity index (χ0n) is 14.3. The molecule has 0 radical (unpaired) electrons. The number of nitrogens with one attached hydrogen (secondary N) is 1. The van der Waals surface area contributed by atoms with Crippen molar-refractivity contribution in [1.82, 2.24) is 14.8 Å². The maximum atomic E-state index is 12.7. The number of benzene rings is 1. The predicted molar refractivity (Wildman–Crippen MR) is 95.4 cm³/mol. The molecule has 4 rings (SSSR count). The first-order valence-corrected chi connectivity index (χ1v) is 9.02. The third-order valence-corrected chi connectivity index (χ3v) is 5.27. The second kappa shape index (κ2) is 6.75. The van der Waals surface area contributed by atoms with Crippen molar-refractivity contribution in [3.63, 3.8) is 0 Å². The normalized spacial score (nSPS) is 16.8. The smallest absolute Gasteiger partial charge is 0.253 e. The van der Waals surface area contributed by atoms with Crippen LogP contribution in [0.3, 0.4) is 0 Å². The van der Waals surface area contributed by atoms with E-state index in [1.54, 1.807) is 0 Å². The molecule has 1 aromatic heterocycles. The Kier molecular flexibility index (Phi) is 4.30. The molecular formula is C20H23N3O2. The molecule has 0 bridgehead atoms. The van der Waals surface area contributed by atoms with Gasteiger partial charge in [-0.25, -0.2) is 0 Å². The second-order valence-corrected chi connectivity index (χ2v) is 6.88. The average Bonchev–Trinajstić information content (AvgIpc) is 3.32. The van der Waals surface area contributed by atoms with E-state index in [9.17, 15) is 9.59 Å². The van der Waals surface area contributed by atoms with Crippen molar-refractivity contribution in [3.8, 4) is 0 Å². The maximum absolute atomic E-state index is 12.7. The lowest BCUT2D eigenvalue weighted by atomic mass is 10.1. The monoisotopic (exact) mass is 337 g/mol. The Labute approximate surface area is 147 Å². The number of aromatic amines is 1. The standard InChI is InChI=1S/C20H23N3O2/c24-19(14-18-5-2-8-21-18)22-9-11-23(12-10-22)20(25)17-7-6-15-3-1-4-16(15)13-17/h2,5-8,13,21H,1,3-4,9-12,14H2. The summed E-state index contributed by atoms with van der Waals surface area (Å²) in [6.07, 6.45) is 5.62. The Morgan fingerprint density at radius 3 is 2.48 bits per heavy atom. The van der Waals surface area contributed by atoms with Crippen LogP contribution >= 0.6 is 0 Å². The third kappa shape index (κ3) is 3.31. The molecule has 25 heavy (non-hydrogen) atoms. The van der Waals surface area contributed by atoms with Crippen molar-refractivity contribution < 1.29 is 9.59 Å². The van der Waals surface area contributed by atoms with Gasteiger partial charge >= 0.3 is 0 Å². The average molecular weight is 337 g/mol.